The highest BCUT2D eigenvalue weighted by Crippen LogP contribution is 2.27. The first-order valence-electron chi connectivity index (χ1n) is 9.65. The number of carbonyl (C=O) groups is 2. The van der Waals surface area contributed by atoms with E-state index >= 15 is 0 Å². The summed E-state index contributed by atoms with van der Waals surface area (Å²) in [5.41, 5.74) is -5.00. The number of nitrogens with zero attached hydrogens (tertiary/aromatic N) is 1. The van der Waals surface area contributed by atoms with Gasteiger partial charge in [0.25, 0.3) is 5.91 Å². The third-order valence-electron chi connectivity index (χ3n) is 4.67. The van der Waals surface area contributed by atoms with Crippen LogP contribution in [-0.2, 0) is 35.7 Å². The molecule has 1 atom stereocenters. The van der Waals surface area contributed by atoms with Crippen LogP contribution in [0.5, 0.6) is 5.75 Å². The van der Waals surface area contributed by atoms with Crippen molar-refractivity contribution in [1.29, 1.82) is 0 Å². The van der Waals surface area contributed by atoms with Crippen molar-refractivity contribution in [3.63, 3.8) is 0 Å². The van der Waals surface area contributed by atoms with Crippen molar-refractivity contribution in [1.82, 2.24) is 5.32 Å². The number of methoxy groups -OCH3 is 1. The molecule has 1 heterocycles. The van der Waals surface area contributed by atoms with Crippen molar-refractivity contribution in [3.05, 3.63) is 29.8 Å². The topological polar surface area (TPSA) is 120 Å². The molecule has 0 bridgehead atoms. The van der Waals surface area contributed by atoms with Gasteiger partial charge in [-0.2, -0.15) is 33.4 Å². The average Bonchev–Trinajstić information content (AvgIpc) is 2.77. The summed E-state index contributed by atoms with van der Waals surface area (Å²) < 4.78 is 68.3. The second-order valence-electron chi connectivity index (χ2n) is 6.93. The van der Waals surface area contributed by atoms with Crippen molar-refractivity contribution in [2.75, 3.05) is 25.7 Å². The summed E-state index contributed by atoms with van der Waals surface area (Å²) in [6.07, 6.45) is 1.38. The van der Waals surface area contributed by atoms with Gasteiger partial charge in [0.1, 0.15) is 24.6 Å². The standard InChI is InChI=1S/C19H23F3N2O7S2/c1-29-18(26)15(23-17(25)16(24-30-2)13-7-9-32-10-8-13)11-12-3-5-14(6-4-12)31-33(27,28)19(20,21)22/h3-6,13,15H,7-11H2,1-2H3,(H,23,25)/t15-/m0/s1. The lowest BCUT2D eigenvalue weighted by molar-refractivity contribution is -0.144. The van der Waals surface area contributed by atoms with Crippen LogP contribution in [0.15, 0.2) is 29.4 Å². The molecule has 1 saturated heterocycles. The Kier molecular flexibility index (Phi) is 9.40. The van der Waals surface area contributed by atoms with Crippen molar-refractivity contribution in [2.24, 2.45) is 11.1 Å². The number of hydrogen-bond donors (Lipinski definition) is 1. The number of oxime groups is 1. The van der Waals surface area contributed by atoms with Gasteiger partial charge in [-0.1, -0.05) is 17.3 Å². The Balaban J connectivity index is 2.13. The van der Waals surface area contributed by atoms with Crippen LogP contribution in [0, 0.1) is 5.92 Å². The average molecular weight is 513 g/mol. The molecular formula is C19H23F3N2O7S2. The van der Waals surface area contributed by atoms with Crippen LogP contribution < -0.4 is 9.50 Å². The third kappa shape index (κ3) is 7.52. The van der Waals surface area contributed by atoms with E-state index in [0.717, 1.165) is 43.6 Å². The molecule has 1 N–H and O–H groups in total. The van der Waals surface area contributed by atoms with E-state index in [1.807, 2.05) is 0 Å². The minimum atomic E-state index is -5.80. The van der Waals surface area contributed by atoms with Crippen LogP contribution in [0.3, 0.4) is 0 Å². The van der Waals surface area contributed by atoms with E-state index in [4.69, 9.17) is 9.57 Å². The zero-order valence-corrected chi connectivity index (χ0v) is 19.4. The summed E-state index contributed by atoms with van der Waals surface area (Å²) >= 11 is 1.76. The summed E-state index contributed by atoms with van der Waals surface area (Å²) in [7, 11) is -3.35. The van der Waals surface area contributed by atoms with Crippen LogP contribution in [-0.4, -0.2) is 63.3 Å². The van der Waals surface area contributed by atoms with E-state index in [0.29, 0.717) is 5.56 Å². The molecule has 1 aromatic carbocycles. The Labute approximate surface area is 193 Å². The highest BCUT2D eigenvalue weighted by molar-refractivity contribution is 7.99. The number of carbonyl (C=O) groups excluding carboxylic acids is 2. The van der Waals surface area contributed by atoms with Gasteiger partial charge in [-0.25, -0.2) is 4.79 Å². The first-order chi connectivity index (χ1) is 15.5. The van der Waals surface area contributed by atoms with Crippen LogP contribution in [0.4, 0.5) is 13.2 Å². The van der Waals surface area contributed by atoms with Gasteiger partial charge in [0.15, 0.2) is 0 Å². The third-order valence-corrected chi connectivity index (χ3v) is 6.70. The Morgan fingerprint density at radius 2 is 1.79 bits per heavy atom. The molecule has 184 valence electrons. The monoisotopic (exact) mass is 512 g/mol. The van der Waals surface area contributed by atoms with Crippen LogP contribution in [0.25, 0.3) is 0 Å². The lowest BCUT2D eigenvalue weighted by atomic mass is 9.95. The molecule has 14 heteroatoms. The molecule has 0 radical (unpaired) electrons. The molecule has 0 unspecified atom stereocenters. The fourth-order valence-corrected chi connectivity index (χ4v) is 4.59. The number of esters is 1. The number of benzene rings is 1. The number of thioether (sulfide) groups is 1. The molecule has 0 aromatic heterocycles. The molecule has 33 heavy (non-hydrogen) atoms. The minimum absolute atomic E-state index is 0.0779. The predicted octanol–water partition coefficient (Wildman–Crippen LogP) is 2.26. The Morgan fingerprint density at radius 3 is 2.30 bits per heavy atom. The quantitative estimate of drug-likeness (QED) is 0.176. The van der Waals surface area contributed by atoms with E-state index in [1.54, 1.807) is 11.8 Å². The SMILES string of the molecule is CON=C(C(=O)N[C@@H](Cc1ccc(OS(=O)(=O)C(F)(F)F)cc1)C(=O)OC)C1CCSCC1. The summed E-state index contributed by atoms with van der Waals surface area (Å²) in [6.45, 7) is 0. The van der Waals surface area contributed by atoms with E-state index in [2.05, 4.69) is 14.7 Å². The first kappa shape index (κ1) is 26.8. The lowest BCUT2D eigenvalue weighted by Gasteiger charge is -2.23. The van der Waals surface area contributed by atoms with Gasteiger partial charge >= 0.3 is 21.6 Å². The molecule has 0 saturated carbocycles. The number of halogens is 3. The Hall–Kier alpha value is -2.48. The van der Waals surface area contributed by atoms with Gasteiger partial charge in [-0.15, -0.1) is 0 Å². The summed E-state index contributed by atoms with van der Waals surface area (Å²) in [4.78, 5) is 29.9. The molecule has 1 fully saturated rings. The number of hydrogen-bond acceptors (Lipinski definition) is 9. The molecule has 2 rings (SSSR count). The number of amides is 1. The molecule has 0 aliphatic carbocycles. The normalized spacial score (nSPS) is 16.6. The van der Waals surface area contributed by atoms with E-state index in [-0.39, 0.29) is 18.1 Å². The molecule has 1 amide bonds. The number of nitrogens with one attached hydrogen (secondary N) is 1. The largest absolute Gasteiger partial charge is 0.534 e. The van der Waals surface area contributed by atoms with Gasteiger partial charge < -0.3 is 19.1 Å². The maximum Gasteiger partial charge on any atom is 0.534 e. The van der Waals surface area contributed by atoms with Gasteiger partial charge in [0, 0.05) is 12.3 Å². The maximum atomic E-state index is 12.8. The van der Waals surface area contributed by atoms with E-state index in [1.165, 1.54) is 19.2 Å². The van der Waals surface area contributed by atoms with Gasteiger partial charge in [0.2, 0.25) is 0 Å². The zero-order chi connectivity index (χ0) is 24.6. The van der Waals surface area contributed by atoms with E-state index < -0.39 is 39.3 Å². The second kappa shape index (κ2) is 11.6. The summed E-state index contributed by atoms with van der Waals surface area (Å²) in [5.74, 6) is -0.310. The molecular weight excluding hydrogens is 489 g/mol. The Bertz CT molecular complexity index is 961. The summed E-state index contributed by atoms with van der Waals surface area (Å²) in [5, 5.41) is 6.40. The fraction of sp³-hybridized carbons (Fsp3) is 0.526. The minimum Gasteiger partial charge on any atom is -0.467 e. The number of ether oxygens (including phenoxy) is 1. The molecule has 0 spiro atoms. The van der Waals surface area contributed by atoms with Crippen molar-refractivity contribution in [3.8, 4) is 5.75 Å². The maximum absolute atomic E-state index is 12.8. The Morgan fingerprint density at radius 1 is 1.18 bits per heavy atom. The van der Waals surface area contributed by atoms with Crippen LogP contribution in [0.1, 0.15) is 18.4 Å². The summed E-state index contributed by atoms with van der Waals surface area (Å²) in [6, 6.07) is 3.42. The molecule has 9 nitrogen and oxygen atoms in total. The van der Waals surface area contributed by atoms with Crippen molar-refractivity contribution in [2.45, 2.75) is 30.8 Å². The highest BCUT2D eigenvalue weighted by atomic mass is 32.2. The second-order valence-corrected chi connectivity index (χ2v) is 9.69. The van der Waals surface area contributed by atoms with Crippen molar-refractivity contribution < 1.29 is 44.9 Å². The smallest absolute Gasteiger partial charge is 0.467 e. The number of rotatable bonds is 9. The van der Waals surface area contributed by atoms with Gasteiger partial charge in [-0.05, 0) is 42.0 Å². The fourth-order valence-electron chi connectivity index (χ4n) is 3.03. The highest BCUT2D eigenvalue weighted by Gasteiger charge is 2.48. The van der Waals surface area contributed by atoms with Crippen LogP contribution >= 0.6 is 11.8 Å². The van der Waals surface area contributed by atoms with Gasteiger partial charge in [0.05, 0.1) is 7.11 Å². The molecule has 1 aliphatic rings. The predicted molar refractivity (Wildman–Crippen MR) is 114 cm³/mol. The lowest BCUT2D eigenvalue weighted by Crippen LogP contribution is -2.47. The van der Waals surface area contributed by atoms with Crippen molar-refractivity contribution >= 4 is 39.5 Å². The van der Waals surface area contributed by atoms with E-state index in [9.17, 15) is 31.2 Å². The van der Waals surface area contributed by atoms with Crippen LogP contribution in [0.2, 0.25) is 0 Å². The number of alkyl halides is 3. The molecule has 1 aromatic rings. The zero-order valence-electron chi connectivity index (χ0n) is 17.8. The molecule has 1 aliphatic heterocycles. The first-order valence-corrected chi connectivity index (χ1v) is 12.2. The van der Waals surface area contributed by atoms with Gasteiger partial charge in [-0.3, -0.25) is 4.79 Å².